The predicted octanol–water partition coefficient (Wildman–Crippen LogP) is 10.7. The Labute approximate surface area is 261 Å². The average molecular weight is 583 g/mol. The van der Waals surface area contributed by atoms with E-state index in [1.165, 1.54) is 75.9 Å². The molecule has 1 aliphatic carbocycles. The van der Waals surface area contributed by atoms with Crippen molar-refractivity contribution in [3.05, 3.63) is 134 Å². The summed E-state index contributed by atoms with van der Waals surface area (Å²) >= 11 is 0. The van der Waals surface area contributed by atoms with Crippen LogP contribution in [0.3, 0.4) is 0 Å². The molecule has 4 nitrogen and oxygen atoms in total. The first-order valence-electron chi connectivity index (χ1n) is 15.8. The Morgan fingerprint density at radius 3 is 1.91 bits per heavy atom. The lowest BCUT2D eigenvalue weighted by Crippen LogP contribution is -2.01. The van der Waals surface area contributed by atoms with Gasteiger partial charge in [-0.1, -0.05) is 97.1 Å². The topological polar surface area (TPSA) is 35.1 Å². The summed E-state index contributed by atoms with van der Waals surface area (Å²) in [6.07, 6.45) is 1.98. The summed E-state index contributed by atoms with van der Waals surface area (Å²) in [7, 11) is 0. The van der Waals surface area contributed by atoms with Crippen LogP contribution in [0, 0.1) is 0 Å². The number of hydrogen-bond acceptors (Lipinski definition) is 2. The molecule has 0 unspecified atom stereocenters. The molecule has 0 spiro atoms. The lowest BCUT2D eigenvalue weighted by Gasteiger charge is -2.10. The Morgan fingerprint density at radius 1 is 0.435 bits per heavy atom. The molecule has 4 aromatic heterocycles. The SMILES string of the molecule is c1ccc2cc3c(cc2c1)c1cc2c4ccccc4n4c5ccccc5c(c1n3-c1cnc3c(n1)-c1cccc5cccc-3c15)c24. The first kappa shape index (κ1) is 23.2. The van der Waals surface area contributed by atoms with E-state index in [9.17, 15) is 0 Å². The maximum absolute atomic E-state index is 5.48. The minimum atomic E-state index is 0.835. The third-order valence-electron chi connectivity index (χ3n) is 10.4. The molecule has 0 radical (unpaired) electrons. The fraction of sp³-hybridized carbons (Fsp3) is 0. The highest BCUT2D eigenvalue weighted by atomic mass is 15.1. The summed E-state index contributed by atoms with van der Waals surface area (Å²) < 4.78 is 4.84. The Morgan fingerprint density at radius 2 is 1.09 bits per heavy atom. The standard InChI is InChI=1S/C42H22N4/c1-2-10-25-20-35-30(19-24(25)9-1)32-21-31-26-13-3-5-17-33(26)45-34-18-6-4-14-27(34)38(41(31)45)42(32)46(35)36-22-43-39-28-15-7-11-23-12-8-16-29(37(23)28)40(39)44-36/h1-22H. The predicted molar refractivity (Wildman–Crippen MR) is 190 cm³/mol. The van der Waals surface area contributed by atoms with Gasteiger partial charge in [-0.2, -0.15) is 0 Å². The van der Waals surface area contributed by atoms with Gasteiger partial charge in [0.1, 0.15) is 0 Å². The van der Waals surface area contributed by atoms with Gasteiger partial charge in [-0.25, -0.2) is 4.98 Å². The van der Waals surface area contributed by atoms with E-state index >= 15 is 0 Å². The van der Waals surface area contributed by atoms with Crippen molar-refractivity contribution in [3.8, 4) is 28.3 Å². The van der Waals surface area contributed by atoms with Crippen LogP contribution in [0.1, 0.15) is 0 Å². The molecular formula is C42H22N4. The van der Waals surface area contributed by atoms with E-state index in [4.69, 9.17) is 9.97 Å². The van der Waals surface area contributed by atoms with Gasteiger partial charge in [-0.05, 0) is 46.5 Å². The normalized spacial score (nSPS) is 12.8. The van der Waals surface area contributed by atoms with Gasteiger partial charge >= 0.3 is 0 Å². The third kappa shape index (κ3) is 2.61. The number of aromatic nitrogens is 4. The Hall–Kier alpha value is -6.26. The molecule has 4 heteroatoms. The lowest BCUT2D eigenvalue weighted by molar-refractivity contribution is 1.06. The molecule has 0 amide bonds. The quantitative estimate of drug-likeness (QED) is 0.193. The summed E-state index contributed by atoms with van der Waals surface area (Å²) in [5, 5.41) is 12.4. The molecular weight excluding hydrogens is 560 g/mol. The van der Waals surface area contributed by atoms with Crippen LogP contribution in [0.4, 0.5) is 0 Å². The van der Waals surface area contributed by atoms with Gasteiger partial charge in [0.15, 0.2) is 5.82 Å². The van der Waals surface area contributed by atoms with Crippen LogP contribution in [-0.4, -0.2) is 18.9 Å². The minimum Gasteiger partial charge on any atom is -0.308 e. The van der Waals surface area contributed by atoms with Crippen molar-refractivity contribution in [1.82, 2.24) is 18.9 Å². The smallest absolute Gasteiger partial charge is 0.156 e. The second kappa shape index (κ2) is 7.87. The molecule has 7 aromatic carbocycles. The lowest BCUT2D eigenvalue weighted by atomic mass is 10.0. The van der Waals surface area contributed by atoms with E-state index in [-0.39, 0.29) is 0 Å². The molecule has 46 heavy (non-hydrogen) atoms. The zero-order valence-electron chi connectivity index (χ0n) is 24.5. The highest BCUT2D eigenvalue weighted by molar-refractivity contribution is 6.34. The van der Waals surface area contributed by atoms with E-state index in [1.54, 1.807) is 0 Å². The molecule has 12 rings (SSSR count). The van der Waals surface area contributed by atoms with Crippen LogP contribution in [-0.2, 0) is 0 Å². The molecule has 0 fully saturated rings. The van der Waals surface area contributed by atoms with Crippen molar-refractivity contribution in [2.75, 3.05) is 0 Å². The number of nitrogens with zero attached hydrogens (tertiary/aromatic N) is 4. The summed E-state index contributed by atoms with van der Waals surface area (Å²) in [6, 6.07) is 46.4. The highest BCUT2D eigenvalue weighted by Gasteiger charge is 2.28. The molecule has 1 aliphatic rings. The molecule has 0 saturated carbocycles. The minimum absolute atomic E-state index is 0.835. The molecule has 11 aromatic rings. The van der Waals surface area contributed by atoms with Crippen molar-refractivity contribution in [2.45, 2.75) is 0 Å². The summed E-state index contributed by atoms with van der Waals surface area (Å²) in [6.45, 7) is 0. The number of fused-ring (bicyclic) bond motifs is 14. The first-order chi connectivity index (χ1) is 22.8. The molecule has 4 heterocycles. The van der Waals surface area contributed by atoms with E-state index in [2.05, 4.69) is 136 Å². The van der Waals surface area contributed by atoms with Crippen LogP contribution in [0.2, 0.25) is 0 Å². The summed E-state index contributed by atoms with van der Waals surface area (Å²) in [5.74, 6) is 0.835. The molecule has 0 bridgehead atoms. The molecule has 0 saturated heterocycles. The van der Waals surface area contributed by atoms with Crippen LogP contribution in [0.5, 0.6) is 0 Å². The Bertz CT molecular complexity index is 3140. The highest BCUT2D eigenvalue weighted by Crippen LogP contribution is 2.48. The largest absolute Gasteiger partial charge is 0.308 e. The van der Waals surface area contributed by atoms with Crippen molar-refractivity contribution < 1.29 is 0 Å². The van der Waals surface area contributed by atoms with Gasteiger partial charge in [0.25, 0.3) is 0 Å². The zero-order chi connectivity index (χ0) is 29.7. The van der Waals surface area contributed by atoms with Gasteiger partial charge in [-0.3, -0.25) is 9.55 Å². The van der Waals surface area contributed by atoms with E-state index in [0.717, 1.165) is 33.8 Å². The second-order valence-electron chi connectivity index (χ2n) is 12.6. The monoisotopic (exact) mass is 582 g/mol. The third-order valence-corrected chi connectivity index (χ3v) is 10.4. The van der Waals surface area contributed by atoms with Crippen LogP contribution < -0.4 is 0 Å². The van der Waals surface area contributed by atoms with E-state index in [0.29, 0.717) is 0 Å². The van der Waals surface area contributed by atoms with Gasteiger partial charge < -0.3 is 4.40 Å². The Balaban J connectivity index is 1.32. The van der Waals surface area contributed by atoms with Crippen LogP contribution in [0.25, 0.3) is 110 Å². The van der Waals surface area contributed by atoms with Gasteiger partial charge in [0, 0.05) is 48.8 Å². The molecule has 0 N–H and O–H groups in total. The number of rotatable bonds is 1. The number of hydrogen-bond donors (Lipinski definition) is 0. The van der Waals surface area contributed by atoms with Gasteiger partial charge in [-0.15, -0.1) is 0 Å². The molecule has 0 aliphatic heterocycles. The maximum atomic E-state index is 5.48. The van der Waals surface area contributed by atoms with E-state index in [1.807, 2.05) is 6.20 Å². The second-order valence-corrected chi connectivity index (χ2v) is 12.6. The van der Waals surface area contributed by atoms with Gasteiger partial charge in [0.2, 0.25) is 0 Å². The summed E-state index contributed by atoms with van der Waals surface area (Å²) in [5.41, 5.74) is 10.3. The fourth-order valence-electron chi connectivity index (χ4n) is 8.54. The van der Waals surface area contributed by atoms with Crippen molar-refractivity contribution in [1.29, 1.82) is 0 Å². The van der Waals surface area contributed by atoms with Crippen molar-refractivity contribution in [3.63, 3.8) is 0 Å². The average Bonchev–Trinajstić information content (AvgIpc) is 3.82. The molecule has 210 valence electrons. The number of benzene rings is 7. The zero-order valence-corrected chi connectivity index (χ0v) is 24.5. The first-order valence-corrected chi connectivity index (χ1v) is 15.8. The number of para-hydroxylation sites is 2. The molecule has 0 atom stereocenters. The fourth-order valence-corrected chi connectivity index (χ4v) is 8.54. The van der Waals surface area contributed by atoms with Crippen LogP contribution >= 0.6 is 0 Å². The summed E-state index contributed by atoms with van der Waals surface area (Å²) in [4.78, 5) is 10.6. The van der Waals surface area contributed by atoms with Crippen molar-refractivity contribution >= 4 is 81.4 Å². The van der Waals surface area contributed by atoms with Gasteiger partial charge in [0.05, 0.1) is 45.2 Å². The van der Waals surface area contributed by atoms with Crippen molar-refractivity contribution in [2.24, 2.45) is 0 Å². The van der Waals surface area contributed by atoms with Crippen LogP contribution in [0.15, 0.2) is 134 Å². The Kier molecular flexibility index (Phi) is 3.96. The maximum Gasteiger partial charge on any atom is 0.156 e. The van der Waals surface area contributed by atoms with E-state index < -0.39 is 0 Å².